The maximum atomic E-state index is 11.8. The minimum atomic E-state index is -1.02. The fraction of sp³-hybridized carbons (Fsp3) is 0.500. The third kappa shape index (κ3) is 3.76. The third-order valence-electron chi connectivity index (χ3n) is 2.14. The Morgan fingerprint density at radius 1 is 1.20 bits per heavy atom. The molecule has 0 saturated heterocycles. The molecule has 0 aliphatic heterocycles. The number of rotatable bonds is 3. The van der Waals surface area contributed by atoms with Gasteiger partial charge in [0.05, 0.1) is 15.7 Å². The highest BCUT2D eigenvalue weighted by Crippen LogP contribution is 2.16. The second kappa shape index (κ2) is 4.90. The second-order valence-electron chi connectivity index (χ2n) is 4.63. The molecule has 0 spiro atoms. The molecule has 0 aromatic heterocycles. The van der Waals surface area contributed by atoms with Crippen LogP contribution in [0.15, 0.2) is 30.3 Å². The quantitative estimate of drug-likeness (QED) is 0.842. The highest BCUT2D eigenvalue weighted by molar-refractivity contribution is 7.84. The predicted octanol–water partition coefficient (Wildman–Crippen LogP) is 2.80. The molecule has 0 aliphatic carbocycles. The molecule has 2 atom stereocenters. The van der Waals surface area contributed by atoms with Crippen LogP contribution in [0.5, 0.6) is 0 Å². The van der Waals surface area contributed by atoms with Crippen molar-refractivity contribution in [2.45, 2.75) is 38.5 Å². The maximum Gasteiger partial charge on any atom is 0.0975 e. The Hall–Kier alpha value is -0.670. The number of hydrogen-bond acceptors (Lipinski definition) is 1. The summed E-state index contributed by atoms with van der Waals surface area (Å²) in [4.78, 5) is 0. The number of hydrogen-bond donors (Lipinski definition) is 1. The fourth-order valence-electron chi connectivity index (χ4n) is 1.15. The van der Waals surface area contributed by atoms with Crippen LogP contribution >= 0.6 is 0 Å². The van der Waals surface area contributed by atoms with Gasteiger partial charge in [-0.15, -0.1) is 0 Å². The zero-order valence-electron chi connectivity index (χ0n) is 9.78. The van der Waals surface area contributed by atoms with Gasteiger partial charge in [0.1, 0.15) is 0 Å². The van der Waals surface area contributed by atoms with Crippen molar-refractivity contribution < 1.29 is 4.21 Å². The van der Waals surface area contributed by atoms with Crippen LogP contribution < -0.4 is 4.72 Å². The largest absolute Gasteiger partial charge is 0.242 e. The van der Waals surface area contributed by atoms with E-state index in [9.17, 15) is 4.21 Å². The smallest absolute Gasteiger partial charge is 0.0975 e. The Bertz CT molecular complexity index is 329. The Morgan fingerprint density at radius 3 is 2.20 bits per heavy atom. The molecule has 0 aliphatic rings. The summed E-state index contributed by atoms with van der Waals surface area (Å²) in [5, 5.41) is 0. The minimum Gasteiger partial charge on any atom is -0.242 e. The van der Waals surface area contributed by atoms with E-state index in [-0.39, 0.29) is 10.8 Å². The average molecular weight is 225 g/mol. The van der Waals surface area contributed by atoms with Crippen molar-refractivity contribution in [3.05, 3.63) is 35.9 Å². The summed E-state index contributed by atoms with van der Waals surface area (Å²) in [6.07, 6.45) is 0. The minimum absolute atomic E-state index is 0.117. The topological polar surface area (TPSA) is 29.1 Å². The van der Waals surface area contributed by atoms with E-state index in [1.807, 2.05) is 58.0 Å². The van der Waals surface area contributed by atoms with Gasteiger partial charge in [-0.2, -0.15) is 0 Å². The van der Waals surface area contributed by atoms with Crippen molar-refractivity contribution in [2.75, 3.05) is 0 Å². The van der Waals surface area contributed by atoms with E-state index in [0.29, 0.717) is 0 Å². The molecule has 1 N–H and O–H groups in total. The van der Waals surface area contributed by atoms with Crippen molar-refractivity contribution >= 4 is 11.0 Å². The van der Waals surface area contributed by atoms with Gasteiger partial charge in [-0.3, -0.25) is 0 Å². The molecule has 0 heterocycles. The summed E-state index contributed by atoms with van der Waals surface area (Å²) in [7, 11) is -1.02. The predicted molar refractivity (Wildman–Crippen MR) is 65.9 cm³/mol. The van der Waals surface area contributed by atoms with Crippen LogP contribution in [-0.2, 0) is 11.0 Å². The molecule has 0 fully saturated rings. The molecule has 1 aromatic carbocycles. The SMILES string of the molecule is C[C@H](N[S@](=O)C(C)(C)C)c1ccccc1. The van der Waals surface area contributed by atoms with E-state index in [0.717, 1.165) is 5.56 Å². The normalized spacial score (nSPS) is 16.0. The van der Waals surface area contributed by atoms with E-state index in [1.165, 1.54) is 0 Å². The molecule has 0 bridgehead atoms. The van der Waals surface area contributed by atoms with E-state index in [2.05, 4.69) is 4.72 Å². The molecule has 3 heteroatoms. The Morgan fingerprint density at radius 2 is 1.73 bits per heavy atom. The van der Waals surface area contributed by atoms with E-state index < -0.39 is 11.0 Å². The third-order valence-corrected chi connectivity index (χ3v) is 3.82. The Kier molecular flexibility index (Phi) is 4.05. The summed E-state index contributed by atoms with van der Waals surface area (Å²) < 4.78 is 14.7. The second-order valence-corrected chi connectivity index (χ2v) is 6.63. The summed E-state index contributed by atoms with van der Waals surface area (Å²) in [5.74, 6) is 0. The highest BCUT2D eigenvalue weighted by Gasteiger charge is 2.21. The Balaban J connectivity index is 2.65. The summed E-state index contributed by atoms with van der Waals surface area (Å²) >= 11 is 0. The van der Waals surface area contributed by atoms with E-state index in [4.69, 9.17) is 0 Å². The zero-order chi connectivity index (χ0) is 11.5. The van der Waals surface area contributed by atoms with Crippen LogP contribution in [-0.4, -0.2) is 8.96 Å². The van der Waals surface area contributed by atoms with Gasteiger partial charge >= 0.3 is 0 Å². The lowest BCUT2D eigenvalue weighted by Gasteiger charge is -2.22. The van der Waals surface area contributed by atoms with Crippen molar-refractivity contribution in [3.8, 4) is 0 Å². The van der Waals surface area contributed by atoms with Crippen LogP contribution in [0.3, 0.4) is 0 Å². The summed E-state index contributed by atoms with van der Waals surface area (Å²) in [6, 6.07) is 10.2. The Labute approximate surface area is 94.7 Å². The average Bonchev–Trinajstić information content (AvgIpc) is 2.17. The molecule has 1 aromatic rings. The lowest BCUT2D eigenvalue weighted by atomic mass is 10.1. The first-order chi connectivity index (χ1) is 6.91. The van der Waals surface area contributed by atoms with Crippen LogP contribution in [0.25, 0.3) is 0 Å². The van der Waals surface area contributed by atoms with Gasteiger partial charge in [-0.05, 0) is 33.3 Å². The molecule has 0 saturated carbocycles. The van der Waals surface area contributed by atoms with Crippen LogP contribution in [0.1, 0.15) is 39.3 Å². The zero-order valence-corrected chi connectivity index (χ0v) is 10.6. The summed E-state index contributed by atoms with van der Waals surface area (Å²) in [6.45, 7) is 7.93. The summed E-state index contributed by atoms with van der Waals surface area (Å²) in [5.41, 5.74) is 1.16. The van der Waals surface area contributed by atoms with Crippen molar-refractivity contribution in [2.24, 2.45) is 0 Å². The van der Waals surface area contributed by atoms with Gasteiger partial charge in [0, 0.05) is 6.04 Å². The monoisotopic (exact) mass is 225 g/mol. The lowest BCUT2D eigenvalue weighted by Crippen LogP contribution is -2.34. The van der Waals surface area contributed by atoms with Crippen LogP contribution in [0, 0.1) is 0 Å². The molecule has 1 rings (SSSR count). The molecule has 2 nitrogen and oxygen atoms in total. The molecule has 84 valence electrons. The van der Waals surface area contributed by atoms with Gasteiger partial charge < -0.3 is 0 Å². The van der Waals surface area contributed by atoms with Crippen molar-refractivity contribution in [1.82, 2.24) is 4.72 Å². The van der Waals surface area contributed by atoms with Crippen molar-refractivity contribution in [1.29, 1.82) is 0 Å². The first-order valence-corrected chi connectivity index (χ1v) is 6.29. The van der Waals surface area contributed by atoms with E-state index in [1.54, 1.807) is 0 Å². The molecule has 0 amide bonds. The van der Waals surface area contributed by atoms with Crippen LogP contribution in [0.2, 0.25) is 0 Å². The van der Waals surface area contributed by atoms with Gasteiger partial charge in [0.25, 0.3) is 0 Å². The standard InChI is InChI=1S/C12H19NOS/c1-10(11-8-6-5-7-9-11)13-15(14)12(2,3)4/h5-10,13H,1-4H3/t10-,15+/m0/s1. The first-order valence-electron chi connectivity index (χ1n) is 5.14. The highest BCUT2D eigenvalue weighted by atomic mass is 32.2. The molecular weight excluding hydrogens is 206 g/mol. The van der Waals surface area contributed by atoms with Crippen LogP contribution in [0.4, 0.5) is 0 Å². The number of nitrogens with one attached hydrogen (secondary N) is 1. The molecular formula is C12H19NOS. The number of benzene rings is 1. The van der Waals surface area contributed by atoms with E-state index >= 15 is 0 Å². The van der Waals surface area contributed by atoms with Crippen molar-refractivity contribution in [3.63, 3.8) is 0 Å². The molecule has 15 heavy (non-hydrogen) atoms. The van der Waals surface area contributed by atoms with Gasteiger partial charge in [-0.1, -0.05) is 30.3 Å². The van der Waals surface area contributed by atoms with Gasteiger partial charge in [0.2, 0.25) is 0 Å². The fourth-order valence-corrected chi connectivity index (χ4v) is 1.96. The van der Waals surface area contributed by atoms with Gasteiger partial charge in [0.15, 0.2) is 0 Å². The van der Waals surface area contributed by atoms with Gasteiger partial charge in [-0.25, -0.2) is 8.93 Å². The first kappa shape index (κ1) is 12.4. The maximum absolute atomic E-state index is 11.8. The molecule has 0 radical (unpaired) electrons. The lowest BCUT2D eigenvalue weighted by molar-refractivity contribution is 0.616. The molecule has 0 unspecified atom stereocenters.